The smallest absolute Gasteiger partial charge is 0.228 e. The number of nitrogen functional groups attached to an aromatic ring is 2. The fourth-order valence-corrected chi connectivity index (χ4v) is 1.83. The highest BCUT2D eigenvalue weighted by Crippen LogP contribution is 2.31. The first kappa shape index (κ1) is 9.97. The Kier molecular flexibility index (Phi) is 2.36. The summed E-state index contributed by atoms with van der Waals surface area (Å²) in [4.78, 5) is 20.6. The summed E-state index contributed by atoms with van der Waals surface area (Å²) in [7, 11) is 0. The van der Waals surface area contributed by atoms with Crippen molar-refractivity contribution in [1.29, 1.82) is 0 Å². The monoisotopic (exact) mass is 227 g/mol. The number of carbonyl (C=O) groups is 1. The molecule has 0 spiro atoms. The first-order chi connectivity index (χ1) is 7.09. The van der Waals surface area contributed by atoms with Gasteiger partial charge in [-0.25, -0.2) is 9.97 Å². The summed E-state index contributed by atoms with van der Waals surface area (Å²) in [5.41, 5.74) is 11.6. The van der Waals surface area contributed by atoms with Gasteiger partial charge in [-0.3, -0.25) is 4.79 Å². The van der Waals surface area contributed by atoms with E-state index in [-0.39, 0.29) is 29.3 Å². The predicted octanol–water partition coefficient (Wildman–Crippen LogP) is -0.0149. The van der Waals surface area contributed by atoms with E-state index in [2.05, 4.69) is 9.97 Å². The molecule has 0 aliphatic carbocycles. The maximum Gasteiger partial charge on any atom is 0.228 e. The number of carbonyl (C=O) groups excluding carboxylic acids is 1. The highest BCUT2D eigenvalue weighted by atomic mass is 35.5. The van der Waals surface area contributed by atoms with Crippen LogP contribution in [0.25, 0.3) is 0 Å². The van der Waals surface area contributed by atoms with E-state index >= 15 is 0 Å². The van der Waals surface area contributed by atoms with Crippen molar-refractivity contribution in [2.75, 3.05) is 22.9 Å². The second-order valence-corrected chi connectivity index (χ2v) is 3.92. The third-order valence-corrected chi connectivity index (χ3v) is 2.52. The van der Waals surface area contributed by atoms with Gasteiger partial charge >= 0.3 is 0 Å². The van der Waals surface area contributed by atoms with Gasteiger partial charge in [0, 0.05) is 13.0 Å². The van der Waals surface area contributed by atoms with Gasteiger partial charge in [0.1, 0.15) is 12.0 Å². The Morgan fingerprint density at radius 1 is 1.40 bits per heavy atom. The zero-order valence-electron chi connectivity index (χ0n) is 7.85. The molecule has 0 aromatic carbocycles. The summed E-state index contributed by atoms with van der Waals surface area (Å²) < 4.78 is 0. The lowest BCUT2D eigenvalue weighted by Gasteiger charge is -2.18. The molecule has 2 heterocycles. The molecule has 1 saturated heterocycles. The van der Waals surface area contributed by atoms with E-state index < -0.39 is 0 Å². The molecular formula is C8H10ClN5O. The van der Waals surface area contributed by atoms with Crippen LogP contribution >= 0.6 is 11.6 Å². The van der Waals surface area contributed by atoms with Crippen LogP contribution in [0.3, 0.4) is 0 Å². The summed E-state index contributed by atoms with van der Waals surface area (Å²) in [5, 5.41) is -0.212. The molecule has 1 fully saturated rings. The van der Waals surface area contributed by atoms with Crippen molar-refractivity contribution in [1.82, 2.24) is 9.97 Å². The Labute approximate surface area is 91.2 Å². The Morgan fingerprint density at radius 3 is 2.47 bits per heavy atom. The van der Waals surface area contributed by atoms with Gasteiger partial charge < -0.3 is 16.4 Å². The molecule has 0 saturated carbocycles. The lowest BCUT2D eigenvalue weighted by atomic mass is 10.4. The van der Waals surface area contributed by atoms with Gasteiger partial charge in [0.25, 0.3) is 0 Å². The van der Waals surface area contributed by atoms with Crippen molar-refractivity contribution in [2.45, 2.75) is 11.8 Å². The molecule has 1 aromatic heterocycles. The second-order valence-electron chi connectivity index (χ2n) is 3.30. The zero-order chi connectivity index (χ0) is 11.0. The van der Waals surface area contributed by atoms with Gasteiger partial charge in [0.15, 0.2) is 11.6 Å². The largest absolute Gasteiger partial charge is 0.382 e. The summed E-state index contributed by atoms with van der Waals surface area (Å²) in [6.45, 7) is 0.391. The molecule has 2 rings (SSSR count). The summed E-state index contributed by atoms with van der Waals surface area (Å²) in [5.74, 6) is 0.284. The van der Waals surface area contributed by atoms with Crippen molar-refractivity contribution >= 4 is 34.8 Å². The number of hydrogen-bond donors (Lipinski definition) is 2. The number of rotatable bonds is 1. The number of halogens is 1. The number of aromatic nitrogens is 2. The predicted molar refractivity (Wildman–Crippen MR) is 57.5 cm³/mol. The van der Waals surface area contributed by atoms with Gasteiger partial charge in [-0.1, -0.05) is 0 Å². The number of anilines is 3. The number of nitrogens with zero attached hydrogens (tertiary/aromatic N) is 3. The third kappa shape index (κ3) is 1.68. The van der Waals surface area contributed by atoms with E-state index in [4.69, 9.17) is 23.1 Å². The fourth-order valence-electron chi connectivity index (χ4n) is 1.56. The van der Waals surface area contributed by atoms with Crippen LogP contribution in [0.5, 0.6) is 0 Å². The number of nitrogens with two attached hydrogens (primary N) is 2. The standard InChI is InChI=1S/C8H10ClN5O/c9-4-1-5(15)14(2-4)6-7(10)12-3-13-8(6)11/h3-4H,1-2H2,(H4,10,11,12,13). The molecule has 1 aliphatic heterocycles. The molecule has 0 radical (unpaired) electrons. The van der Waals surface area contributed by atoms with Crippen LogP contribution in [0, 0.1) is 0 Å². The molecular weight excluding hydrogens is 218 g/mol. The van der Waals surface area contributed by atoms with Crippen LogP contribution in [0.4, 0.5) is 17.3 Å². The minimum Gasteiger partial charge on any atom is -0.382 e. The molecule has 80 valence electrons. The van der Waals surface area contributed by atoms with Crippen molar-refractivity contribution in [3.8, 4) is 0 Å². The molecule has 1 amide bonds. The minimum absolute atomic E-state index is 0.108. The Morgan fingerprint density at radius 2 is 2.00 bits per heavy atom. The third-order valence-electron chi connectivity index (χ3n) is 2.23. The van der Waals surface area contributed by atoms with E-state index in [0.717, 1.165) is 0 Å². The second kappa shape index (κ2) is 3.54. The maximum atomic E-state index is 11.6. The fraction of sp³-hybridized carbons (Fsp3) is 0.375. The molecule has 6 nitrogen and oxygen atoms in total. The molecule has 1 aromatic rings. The molecule has 1 aliphatic rings. The van der Waals surface area contributed by atoms with Crippen LogP contribution < -0.4 is 16.4 Å². The molecule has 1 atom stereocenters. The van der Waals surface area contributed by atoms with Gasteiger partial charge in [-0.2, -0.15) is 0 Å². The number of amides is 1. The average Bonchev–Trinajstić information content (AvgIpc) is 2.45. The van der Waals surface area contributed by atoms with Crippen molar-refractivity contribution in [3.63, 3.8) is 0 Å². The van der Waals surface area contributed by atoms with Crippen LogP contribution in [0.15, 0.2) is 6.33 Å². The SMILES string of the molecule is Nc1ncnc(N)c1N1CC(Cl)CC1=O. The molecule has 0 bridgehead atoms. The molecule has 7 heteroatoms. The van der Waals surface area contributed by atoms with Gasteiger partial charge in [0.05, 0.1) is 5.38 Å². The Bertz CT molecular complexity index is 390. The van der Waals surface area contributed by atoms with Gasteiger partial charge in [0.2, 0.25) is 5.91 Å². The normalized spacial score (nSPS) is 21.0. The van der Waals surface area contributed by atoms with Crippen LogP contribution in [-0.2, 0) is 4.79 Å². The van der Waals surface area contributed by atoms with Crippen LogP contribution in [0.2, 0.25) is 0 Å². The first-order valence-electron chi connectivity index (χ1n) is 4.40. The average molecular weight is 228 g/mol. The Hall–Kier alpha value is -1.56. The van der Waals surface area contributed by atoms with Gasteiger partial charge in [-0.15, -0.1) is 11.6 Å². The first-order valence-corrected chi connectivity index (χ1v) is 4.83. The number of alkyl halides is 1. The quantitative estimate of drug-likeness (QED) is 0.658. The van der Waals surface area contributed by atoms with Crippen molar-refractivity contribution in [2.24, 2.45) is 0 Å². The van der Waals surface area contributed by atoms with E-state index in [1.54, 1.807) is 0 Å². The molecule has 4 N–H and O–H groups in total. The Balaban J connectivity index is 2.41. The molecule has 1 unspecified atom stereocenters. The van der Waals surface area contributed by atoms with E-state index in [0.29, 0.717) is 12.2 Å². The lowest BCUT2D eigenvalue weighted by molar-refractivity contribution is -0.117. The van der Waals surface area contributed by atoms with Gasteiger partial charge in [-0.05, 0) is 0 Å². The summed E-state index contributed by atoms with van der Waals surface area (Å²) in [6, 6.07) is 0. The minimum atomic E-state index is -0.212. The van der Waals surface area contributed by atoms with Crippen molar-refractivity contribution < 1.29 is 4.79 Å². The lowest BCUT2D eigenvalue weighted by Crippen LogP contribution is -2.27. The zero-order valence-corrected chi connectivity index (χ0v) is 8.61. The number of hydrogen-bond acceptors (Lipinski definition) is 5. The summed E-state index contributed by atoms with van der Waals surface area (Å²) in [6.07, 6.45) is 1.54. The topological polar surface area (TPSA) is 98.1 Å². The van der Waals surface area contributed by atoms with Crippen LogP contribution in [-0.4, -0.2) is 27.8 Å². The van der Waals surface area contributed by atoms with Crippen LogP contribution in [0.1, 0.15) is 6.42 Å². The highest BCUT2D eigenvalue weighted by Gasteiger charge is 2.32. The summed E-state index contributed by atoms with van der Waals surface area (Å²) >= 11 is 5.87. The van der Waals surface area contributed by atoms with E-state index in [1.807, 2.05) is 0 Å². The van der Waals surface area contributed by atoms with Crippen molar-refractivity contribution in [3.05, 3.63) is 6.33 Å². The maximum absolute atomic E-state index is 11.6. The molecule has 15 heavy (non-hydrogen) atoms. The van der Waals surface area contributed by atoms with E-state index in [1.165, 1.54) is 11.2 Å². The highest BCUT2D eigenvalue weighted by molar-refractivity contribution is 6.24. The van der Waals surface area contributed by atoms with E-state index in [9.17, 15) is 4.79 Å².